The van der Waals surface area contributed by atoms with Gasteiger partial charge in [-0.25, -0.2) is 15.0 Å². The van der Waals surface area contributed by atoms with Crippen molar-refractivity contribution in [1.82, 2.24) is 24.3 Å². The van der Waals surface area contributed by atoms with Crippen molar-refractivity contribution in [3.8, 4) is 39.9 Å². The fourth-order valence-electron chi connectivity index (χ4n) is 6.19. The molecule has 0 saturated carbocycles. The van der Waals surface area contributed by atoms with Gasteiger partial charge in [-0.15, -0.1) is 11.3 Å². The van der Waals surface area contributed by atoms with E-state index in [-0.39, 0.29) is 0 Å². The molecule has 0 radical (unpaired) electrons. The van der Waals surface area contributed by atoms with Gasteiger partial charge in [-0.3, -0.25) is 4.40 Å². The van der Waals surface area contributed by atoms with E-state index in [1.165, 1.54) is 0 Å². The molecule has 3 aromatic carbocycles. The van der Waals surface area contributed by atoms with Crippen molar-refractivity contribution in [3.63, 3.8) is 0 Å². The molecule has 4 heterocycles. The highest BCUT2D eigenvalue weighted by Crippen LogP contribution is 2.39. The Morgan fingerprint density at radius 3 is 2.48 bits per heavy atom. The Kier molecular flexibility index (Phi) is 9.13. The molecule has 0 bridgehead atoms. The second-order valence-electron chi connectivity index (χ2n) is 12.0. The van der Waals surface area contributed by atoms with Crippen LogP contribution in [0.3, 0.4) is 0 Å². The quantitative estimate of drug-likeness (QED) is 0.153. The Hall–Kier alpha value is -5.13. The zero-order valence-corrected chi connectivity index (χ0v) is 28.4. The first kappa shape index (κ1) is 31.5. The number of nitrogens with zero attached hydrogens (tertiary/aromatic N) is 6. The van der Waals surface area contributed by atoms with Gasteiger partial charge in [0.1, 0.15) is 18.1 Å². The minimum Gasteiger partial charge on any atom is -0.494 e. The van der Waals surface area contributed by atoms with Crippen LogP contribution in [0.4, 0.5) is 17.3 Å². The summed E-state index contributed by atoms with van der Waals surface area (Å²) >= 11 is 1.57. The van der Waals surface area contributed by atoms with Crippen molar-refractivity contribution in [2.75, 3.05) is 51.6 Å². The first-order valence-corrected chi connectivity index (χ1v) is 16.9. The average molecular weight is 662 g/mol. The van der Waals surface area contributed by atoms with Gasteiger partial charge in [-0.2, -0.15) is 0 Å². The summed E-state index contributed by atoms with van der Waals surface area (Å²) in [5.41, 5.74) is 6.31. The van der Waals surface area contributed by atoms with Crippen LogP contribution < -0.4 is 24.4 Å². The van der Waals surface area contributed by atoms with Crippen LogP contribution in [0.5, 0.6) is 17.2 Å². The largest absolute Gasteiger partial charge is 0.494 e. The van der Waals surface area contributed by atoms with E-state index in [2.05, 4.69) is 50.7 Å². The van der Waals surface area contributed by atoms with Gasteiger partial charge in [-0.05, 0) is 68.9 Å². The molecule has 1 aliphatic rings. The van der Waals surface area contributed by atoms with Crippen molar-refractivity contribution in [2.24, 2.45) is 0 Å². The Labute approximate surface area is 284 Å². The van der Waals surface area contributed by atoms with Crippen LogP contribution in [0, 0.1) is 0 Å². The lowest BCUT2D eigenvalue weighted by Gasteiger charge is -2.36. The zero-order valence-electron chi connectivity index (χ0n) is 27.6. The maximum atomic E-state index is 6.12. The van der Waals surface area contributed by atoms with Gasteiger partial charge in [0.05, 0.1) is 31.3 Å². The average Bonchev–Trinajstić information content (AvgIpc) is 3.73. The minimum absolute atomic E-state index is 0.446. The number of fused-ring (bicyclic) bond motifs is 1. The van der Waals surface area contributed by atoms with Crippen LogP contribution in [-0.2, 0) is 6.61 Å². The molecular formula is C37H39N7O3S. The molecule has 0 spiro atoms. The summed E-state index contributed by atoms with van der Waals surface area (Å²) in [7, 11) is 7.67. The highest BCUT2D eigenvalue weighted by molar-refractivity contribution is 7.15. The summed E-state index contributed by atoms with van der Waals surface area (Å²) in [6.45, 7) is 2.48. The molecule has 0 unspecified atom stereocenters. The lowest BCUT2D eigenvalue weighted by Crippen LogP contribution is -2.41. The number of hydrogen-bond donors (Lipinski definition) is 1. The predicted octanol–water partition coefficient (Wildman–Crippen LogP) is 7.39. The molecule has 0 amide bonds. The van der Waals surface area contributed by atoms with Gasteiger partial charge >= 0.3 is 0 Å². The Bertz CT molecular complexity index is 2000. The SMILES string of the molecule is COc1cc(N2CCC(N(C)C)CC2)ccc1Nc1nccc(-c2c(-c3ccc(OCc4ccccc4)c(OC)c3)nc3sccn23)n1. The number of piperidine rings is 1. The molecular weight excluding hydrogens is 623 g/mol. The number of benzene rings is 3. The summed E-state index contributed by atoms with van der Waals surface area (Å²) in [5, 5.41) is 5.42. The van der Waals surface area contributed by atoms with Gasteiger partial charge in [0.15, 0.2) is 16.5 Å². The monoisotopic (exact) mass is 661 g/mol. The van der Waals surface area contributed by atoms with E-state index in [0.717, 1.165) is 76.2 Å². The Balaban J connectivity index is 1.15. The first-order chi connectivity index (χ1) is 23.5. The Morgan fingerprint density at radius 2 is 1.71 bits per heavy atom. The second-order valence-corrected chi connectivity index (χ2v) is 12.8. The summed E-state index contributed by atoms with van der Waals surface area (Å²) in [5.74, 6) is 2.50. The van der Waals surface area contributed by atoms with E-state index in [1.54, 1.807) is 31.8 Å². The van der Waals surface area contributed by atoms with Crippen molar-refractivity contribution in [2.45, 2.75) is 25.5 Å². The molecule has 6 aromatic rings. The van der Waals surface area contributed by atoms with Gasteiger partial charge in [0.2, 0.25) is 5.95 Å². The van der Waals surface area contributed by atoms with Crippen molar-refractivity contribution in [1.29, 1.82) is 0 Å². The maximum Gasteiger partial charge on any atom is 0.227 e. The van der Waals surface area contributed by atoms with Crippen LogP contribution in [0.1, 0.15) is 18.4 Å². The normalized spacial score (nSPS) is 13.6. The molecule has 1 aliphatic heterocycles. The highest BCUT2D eigenvalue weighted by atomic mass is 32.1. The summed E-state index contributed by atoms with van der Waals surface area (Å²) in [6.07, 6.45) is 6.06. The molecule has 7 rings (SSSR count). The van der Waals surface area contributed by atoms with E-state index in [1.807, 2.05) is 72.2 Å². The number of imidazole rings is 1. The molecule has 0 aliphatic carbocycles. The fraction of sp³-hybridized carbons (Fsp3) is 0.270. The number of rotatable bonds is 11. The van der Waals surface area contributed by atoms with Crippen LogP contribution in [-0.4, -0.2) is 71.7 Å². The van der Waals surface area contributed by atoms with Crippen LogP contribution >= 0.6 is 11.3 Å². The standard InChI is InChI=1S/C37H39N7O3S/c1-42(2)27-15-18-43(19-16-27)28-11-12-29(32(23-28)45-3)39-36-38-17-14-30(40-36)35-34(41-37-44(35)20-21-48-37)26-10-13-31(33(22-26)46-4)47-24-25-8-6-5-7-9-25/h5-14,17,20-23,27H,15-16,18-19,24H2,1-4H3,(H,38,39,40). The fourth-order valence-corrected chi connectivity index (χ4v) is 6.91. The third kappa shape index (κ3) is 6.51. The molecule has 48 heavy (non-hydrogen) atoms. The van der Waals surface area contributed by atoms with E-state index < -0.39 is 0 Å². The van der Waals surface area contributed by atoms with Gasteiger partial charge in [0, 0.05) is 54.2 Å². The molecule has 11 heteroatoms. The maximum absolute atomic E-state index is 6.12. The molecule has 1 fully saturated rings. The van der Waals surface area contributed by atoms with Crippen LogP contribution in [0.25, 0.3) is 27.6 Å². The van der Waals surface area contributed by atoms with Gasteiger partial charge in [0.25, 0.3) is 0 Å². The number of methoxy groups -OCH3 is 2. The summed E-state index contributed by atoms with van der Waals surface area (Å²) in [4.78, 5) is 20.1. The van der Waals surface area contributed by atoms with E-state index in [4.69, 9.17) is 24.2 Å². The second kappa shape index (κ2) is 13.9. The Morgan fingerprint density at radius 1 is 0.896 bits per heavy atom. The van der Waals surface area contributed by atoms with E-state index in [0.29, 0.717) is 30.1 Å². The number of hydrogen-bond acceptors (Lipinski definition) is 10. The van der Waals surface area contributed by atoms with Gasteiger partial charge < -0.3 is 29.3 Å². The number of ether oxygens (including phenoxy) is 3. The van der Waals surface area contributed by atoms with Crippen molar-refractivity contribution in [3.05, 3.63) is 96.1 Å². The topological polar surface area (TPSA) is 89.3 Å². The van der Waals surface area contributed by atoms with E-state index in [9.17, 15) is 0 Å². The highest BCUT2D eigenvalue weighted by Gasteiger charge is 2.23. The van der Waals surface area contributed by atoms with Crippen LogP contribution in [0.2, 0.25) is 0 Å². The summed E-state index contributed by atoms with van der Waals surface area (Å²) < 4.78 is 19.8. The molecule has 246 valence electrons. The molecule has 10 nitrogen and oxygen atoms in total. The first-order valence-electron chi connectivity index (χ1n) is 16.0. The van der Waals surface area contributed by atoms with Crippen molar-refractivity contribution >= 4 is 33.6 Å². The third-order valence-corrected chi connectivity index (χ3v) is 9.58. The molecule has 3 aromatic heterocycles. The van der Waals surface area contributed by atoms with Gasteiger partial charge in [-0.1, -0.05) is 30.3 Å². The van der Waals surface area contributed by atoms with Crippen molar-refractivity contribution < 1.29 is 14.2 Å². The number of anilines is 3. The number of thiazole rings is 1. The number of nitrogens with one attached hydrogen (secondary N) is 1. The number of aromatic nitrogens is 4. The van der Waals surface area contributed by atoms with E-state index >= 15 is 0 Å². The minimum atomic E-state index is 0.446. The van der Waals surface area contributed by atoms with Crippen LogP contribution in [0.15, 0.2) is 90.6 Å². The zero-order chi connectivity index (χ0) is 33.0. The lowest BCUT2D eigenvalue weighted by molar-refractivity contribution is 0.249. The summed E-state index contributed by atoms with van der Waals surface area (Å²) in [6, 6.07) is 24.8. The predicted molar refractivity (Wildman–Crippen MR) is 192 cm³/mol. The molecule has 1 N–H and O–H groups in total. The lowest BCUT2D eigenvalue weighted by atomic mass is 10.0. The molecule has 1 saturated heterocycles. The third-order valence-electron chi connectivity index (χ3n) is 8.83. The smallest absolute Gasteiger partial charge is 0.227 e. The molecule has 0 atom stereocenters.